The maximum absolute atomic E-state index is 4.59. The van der Waals surface area contributed by atoms with Crippen molar-refractivity contribution < 1.29 is 0 Å². The highest BCUT2D eigenvalue weighted by Gasteiger charge is 2.18. The standard InChI is InChI=1S/C15H20N4/c1-2-19-14(6-9-18-19)15-13(4-3-7-17-15)10-12-5-8-16-11-12/h3-4,6-7,9,12,16H,2,5,8,10-11H2,1H3/t12-/m1/s1. The number of nitrogens with one attached hydrogen (secondary N) is 1. The van der Waals surface area contributed by atoms with E-state index < -0.39 is 0 Å². The summed E-state index contributed by atoms with van der Waals surface area (Å²) in [5, 5.41) is 7.78. The van der Waals surface area contributed by atoms with Crippen molar-refractivity contribution in [2.45, 2.75) is 26.3 Å². The summed E-state index contributed by atoms with van der Waals surface area (Å²) < 4.78 is 2.01. The summed E-state index contributed by atoms with van der Waals surface area (Å²) in [5.41, 5.74) is 3.56. The third-order valence-electron chi connectivity index (χ3n) is 3.82. The van der Waals surface area contributed by atoms with Crippen molar-refractivity contribution in [1.82, 2.24) is 20.1 Å². The maximum atomic E-state index is 4.59. The lowest BCUT2D eigenvalue weighted by molar-refractivity contribution is 0.579. The zero-order valence-corrected chi connectivity index (χ0v) is 11.3. The molecular weight excluding hydrogens is 236 g/mol. The molecule has 1 aliphatic rings. The molecule has 2 aromatic heterocycles. The Kier molecular flexibility index (Phi) is 3.60. The van der Waals surface area contributed by atoms with Crippen LogP contribution < -0.4 is 5.32 Å². The van der Waals surface area contributed by atoms with Crippen LogP contribution in [0, 0.1) is 5.92 Å². The van der Waals surface area contributed by atoms with E-state index >= 15 is 0 Å². The van der Waals surface area contributed by atoms with Gasteiger partial charge in [-0.15, -0.1) is 0 Å². The lowest BCUT2D eigenvalue weighted by Gasteiger charge is -2.13. The van der Waals surface area contributed by atoms with Crippen molar-refractivity contribution in [3.05, 3.63) is 36.2 Å². The van der Waals surface area contributed by atoms with E-state index in [9.17, 15) is 0 Å². The van der Waals surface area contributed by atoms with E-state index in [0.717, 1.165) is 43.4 Å². The molecular formula is C15H20N4. The summed E-state index contributed by atoms with van der Waals surface area (Å²) in [6.07, 6.45) is 6.10. The van der Waals surface area contributed by atoms with E-state index in [1.54, 1.807) is 0 Å². The number of rotatable bonds is 4. The monoisotopic (exact) mass is 256 g/mol. The molecule has 0 bridgehead atoms. The Morgan fingerprint density at radius 3 is 3.11 bits per heavy atom. The lowest BCUT2D eigenvalue weighted by Crippen LogP contribution is -2.12. The number of nitrogens with zero attached hydrogens (tertiary/aromatic N) is 3. The molecule has 1 fully saturated rings. The number of aromatic nitrogens is 3. The number of aryl methyl sites for hydroxylation is 1. The molecule has 1 N–H and O–H groups in total. The molecule has 1 aliphatic heterocycles. The lowest BCUT2D eigenvalue weighted by atomic mass is 9.96. The van der Waals surface area contributed by atoms with Crippen molar-refractivity contribution in [3.8, 4) is 11.4 Å². The first-order chi connectivity index (χ1) is 9.38. The van der Waals surface area contributed by atoms with Crippen molar-refractivity contribution in [2.24, 2.45) is 5.92 Å². The van der Waals surface area contributed by atoms with Gasteiger partial charge in [0.15, 0.2) is 0 Å². The van der Waals surface area contributed by atoms with Gasteiger partial charge in [0.2, 0.25) is 0 Å². The summed E-state index contributed by atoms with van der Waals surface area (Å²) in [4.78, 5) is 4.59. The average Bonchev–Trinajstić information content (AvgIpc) is 3.09. The van der Waals surface area contributed by atoms with Gasteiger partial charge in [-0.2, -0.15) is 5.10 Å². The van der Waals surface area contributed by atoms with Gasteiger partial charge < -0.3 is 5.32 Å². The first-order valence-electron chi connectivity index (χ1n) is 7.05. The Labute approximate surface area is 113 Å². The summed E-state index contributed by atoms with van der Waals surface area (Å²) in [5.74, 6) is 0.737. The smallest absolute Gasteiger partial charge is 0.0914 e. The predicted molar refractivity (Wildman–Crippen MR) is 75.8 cm³/mol. The van der Waals surface area contributed by atoms with Gasteiger partial charge in [-0.25, -0.2) is 0 Å². The van der Waals surface area contributed by atoms with Gasteiger partial charge >= 0.3 is 0 Å². The molecule has 0 radical (unpaired) electrons. The molecule has 3 rings (SSSR count). The maximum Gasteiger partial charge on any atom is 0.0914 e. The second-order valence-electron chi connectivity index (χ2n) is 5.11. The molecule has 2 aromatic rings. The van der Waals surface area contributed by atoms with Gasteiger partial charge in [-0.3, -0.25) is 9.67 Å². The fourth-order valence-electron chi connectivity index (χ4n) is 2.82. The Morgan fingerprint density at radius 2 is 2.32 bits per heavy atom. The number of hydrogen-bond acceptors (Lipinski definition) is 3. The number of hydrogen-bond donors (Lipinski definition) is 1. The third-order valence-corrected chi connectivity index (χ3v) is 3.82. The van der Waals surface area contributed by atoms with E-state index in [1.807, 2.05) is 23.1 Å². The van der Waals surface area contributed by atoms with Crippen molar-refractivity contribution in [3.63, 3.8) is 0 Å². The molecule has 0 saturated carbocycles. The van der Waals surface area contributed by atoms with Crippen LogP contribution >= 0.6 is 0 Å². The van der Waals surface area contributed by atoms with Crippen LogP contribution in [0.5, 0.6) is 0 Å². The minimum Gasteiger partial charge on any atom is -0.316 e. The molecule has 1 atom stereocenters. The zero-order valence-electron chi connectivity index (χ0n) is 11.3. The van der Waals surface area contributed by atoms with Gasteiger partial charge in [0.1, 0.15) is 0 Å². The SMILES string of the molecule is CCn1nccc1-c1ncccc1C[C@H]1CCNC1. The molecule has 19 heavy (non-hydrogen) atoms. The molecule has 1 saturated heterocycles. The van der Waals surface area contributed by atoms with Crippen LogP contribution in [0.4, 0.5) is 0 Å². The highest BCUT2D eigenvalue weighted by atomic mass is 15.3. The topological polar surface area (TPSA) is 42.7 Å². The highest BCUT2D eigenvalue weighted by molar-refractivity contribution is 5.58. The fraction of sp³-hybridized carbons (Fsp3) is 0.467. The highest BCUT2D eigenvalue weighted by Crippen LogP contribution is 2.24. The van der Waals surface area contributed by atoms with Gasteiger partial charge in [0.25, 0.3) is 0 Å². The van der Waals surface area contributed by atoms with Crippen LogP contribution in [-0.2, 0) is 13.0 Å². The van der Waals surface area contributed by atoms with Gasteiger partial charge in [-0.1, -0.05) is 6.07 Å². The Balaban J connectivity index is 1.92. The predicted octanol–water partition coefficient (Wildman–Crippen LogP) is 2.12. The fourth-order valence-corrected chi connectivity index (χ4v) is 2.82. The van der Waals surface area contributed by atoms with Crippen molar-refractivity contribution in [1.29, 1.82) is 0 Å². The third kappa shape index (κ3) is 2.54. The van der Waals surface area contributed by atoms with E-state index in [2.05, 4.69) is 34.5 Å². The largest absolute Gasteiger partial charge is 0.316 e. The Bertz CT molecular complexity index is 541. The minimum absolute atomic E-state index is 0.737. The minimum atomic E-state index is 0.737. The second kappa shape index (κ2) is 5.53. The van der Waals surface area contributed by atoms with E-state index in [-0.39, 0.29) is 0 Å². The molecule has 0 amide bonds. The van der Waals surface area contributed by atoms with Gasteiger partial charge in [0.05, 0.1) is 11.4 Å². The number of pyridine rings is 1. The van der Waals surface area contributed by atoms with Crippen LogP contribution in [0.3, 0.4) is 0 Å². The van der Waals surface area contributed by atoms with Crippen LogP contribution in [0.15, 0.2) is 30.6 Å². The molecule has 0 unspecified atom stereocenters. The summed E-state index contributed by atoms with van der Waals surface area (Å²) in [7, 11) is 0. The Hall–Kier alpha value is -1.68. The van der Waals surface area contributed by atoms with E-state index in [1.165, 1.54) is 12.0 Å². The molecule has 3 heterocycles. The van der Waals surface area contributed by atoms with Crippen LogP contribution in [-0.4, -0.2) is 27.9 Å². The molecule has 4 nitrogen and oxygen atoms in total. The Morgan fingerprint density at radius 1 is 1.37 bits per heavy atom. The van der Waals surface area contributed by atoms with E-state index in [0.29, 0.717) is 0 Å². The van der Waals surface area contributed by atoms with Crippen molar-refractivity contribution in [2.75, 3.05) is 13.1 Å². The second-order valence-corrected chi connectivity index (χ2v) is 5.11. The van der Waals surface area contributed by atoms with Gasteiger partial charge in [0, 0.05) is 18.9 Å². The first kappa shape index (κ1) is 12.4. The van der Waals surface area contributed by atoms with Crippen LogP contribution in [0.2, 0.25) is 0 Å². The summed E-state index contributed by atoms with van der Waals surface area (Å²) >= 11 is 0. The van der Waals surface area contributed by atoms with Gasteiger partial charge in [-0.05, 0) is 56.5 Å². The normalized spacial score (nSPS) is 18.9. The molecule has 0 aromatic carbocycles. The zero-order chi connectivity index (χ0) is 13.1. The molecule has 4 heteroatoms. The molecule has 100 valence electrons. The van der Waals surface area contributed by atoms with Crippen LogP contribution in [0.1, 0.15) is 18.9 Å². The summed E-state index contributed by atoms with van der Waals surface area (Å²) in [6.45, 7) is 5.26. The quantitative estimate of drug-likeness (QED) is 0.911. The van der Waals surface area contributed by atoms with E-state index in [4.69, 9.17) is 0 Å². The molecule has 0 aliphatic carbocycles. The van der Waals surface area contributed by atoms with Crippen LogP contribution in [0.25, 0.3) is 11.4 Å². The summed E-state index contributed by atoms with van der Waals surface area (Å²) in [6, 6.07) is 6.30. The molecule has 0 spiro atoms. The average molecular weight is 256 g/mol. The first-order valence-corrected chi connectivity index (χ1v) is 7.05. The van der Waals surface area contributed by atoms with Crippen molar-refractivity contribution >= 4 is 0 Å².